The summed E-state index contributed by atoms with van der Waals surface area (Å²) in [5, 5.41) is 0. The van der Waals surface area contributed by atoms with Crippen molar-refractivity contribution in [2.75, 3.05) is 27.2 Å². The number of likely N-dealkylation sites (N-methyl/N-ethyl adjacent to an activating group) is 1. The fourth-order valence-corrected chi connectivity index (χ4v) is 1.74. The molecule has 0 saturated heterocycles. The van der Waals surface area contributed by atoms with E-state index in [-0.39, 0.29) is 0 Å². The van der Waals surface area contributed by atoms with Crippen molar-refractivity contribution < 1.29 is 4.74 Å². The number of hydrogen-bond donors (Lipinski definition) is 0. The van der Waals surface area contributed by atoms with Crippen LogP contribution in [0.15, 0.2) is 18.2 Å². The van der Waals surface area contributed by atoms with Crippen molar-refractivity contribution in [2.45, 2.75) is 26.7 Å². The van der Waals surface area contributed by atoms with Crippen molar-refractivity contribution in [2.24, 2.45) is 0 Å². The lowest BCUT2D eigenvalue weighted by Crippen LogP contribution is -2.20. The topological polar surface area (TPSA) is 12.5 Å². The average Bonchev–Trinajstić information content (AvgIpc) is 2.35. The predicted octanol–water partition coefficient (Wildman–Crippen LogP) is 2.75. The molecule has 0 aliphatic rings. The third-order valence-electron chi connectivity index (χ3n) is 3.05. The normalized spacial score (nSPS) is 10.8. The molecule has 2 nitrogen and oxygen atoms in total. The van der Waals surface area contributed by atoms with Gasteiger partial charge in [-0.1, -0.05) is 26.0 Å². The highest BCUT2D eigenvalue weighted by Crippen LogP contribution is 2.20. The zero-order valence-corrected chi connectivity index (χ0v) is 10.9. The molecule has 0 saturated carbocycles. The molecule has 0 spiro atoms. The average molecular weight is 221 g/mol. The monoisotopic (exact) mass is 221 g/mol. The van der Waals surface area contributed by atoms with Gasteiger partial charge in [0.15, 0.2) is 0 Å². The van der Waals surface area contributed by atoms with Crippen molar-refractivity contribution >= 4 is 0 Å². The lowest BCUT2D eigenvalue weighted by Gasteiger charge is -2.14. The minimum absolute atomic E-state index is 1.01. The van der Waals surface area contributed by atoms with E-state index in [1.54, 1.807) is 7.11 Å². The fraction of sp³-hybridized carbons (Fsp3) is 0.571. The van der Waals surface area contributed by atoms with Crippen LogP contribution in [-0.2, 0) is 12.8 Å². The van der Waals surface area contributed by atoms with E-state index in [0.717, 1.165) is 31.7 Å². The van der Waals surface area contributed by atoms with Gasteiger partial charge in [-0.05, 0) is 43.6 Å². The van der Waals surface area contributed by atoms with E-state index in [0.29, 0.717) is 0 Å². The van der Waals surface area contributed by atoms with Gasteiger partial charge in [0.05, 0.1) is 7.11 Å². The predicted molar refractivity (Wildman–Crippen MR) is 69.2 cm³/mol. The number of methoxy groups -OCH3 is 1. The highest BCUT2D eigenvalue weighted by atomic mass is 16.5. The number of benzene rings is 1. The van der Waals surface area contributed by atoms with Gasteiger partial charge in [-0.25, -0.2) is 0 Å². The Morgan fingerprint density at radius 1 is 1.25 bits per heavy atom. The van der Waals surface area contributed by atoms with E-state index in [4.69, 9.17) is 4.74 Å². The number of hydrogen-bond acceptors (Lipinski definition) is 2. The van der Waals surface area contributed by atoms with Gasteiger partial charge >= 0.3 is 0 Å². The second kappa shape index (κ2) is 6.54. The molecule has 1 aromatic carbocycles. The first kappa shape index (κ1) is 13.0. The molecule has 0 bridgehead atoms. The molecule has 0 unspecified atom stereocenters. The van der Waals surface area contributed by atoms with Crippen LogP contribution in [-0.4, -0.2) is 32.1 Å². The van der Waals surface area contributed by atoms with Gasteiger partial charge in [0, 0.05) is 6.54 Å². The maximum atomic E-state index is 5.33. The summed E-state index contributed by atoms with van der Waals surface area (Å²) in [6, 6.07) is 6.52. The molecule has 0 fully saturated rings. The summed E-state index contributed by atoms with van der Waals surface area (Å²) in [5.74, 6) is 1.01. The fourth-order valence-electron chi connectivity index (χ4n) is 1.74. The Kier molecular flexibility index (Phi) is 5.33. The van der Waals surface area contributed by atoms with E-state index < -0.39 is 0 Å². The van der Waals surface area contributed by atoms with E-state index in [1.807, 2.05) is 0 Å². The lowest BCUT2D eigenvalue weighted by molar-refractivity contribution is 0.357. The molecule has 0 aliphatic carbocycles. The third-order valence-corrected chi connectivity index (χ3v) is 3.05. The van der Waals surface area contributed by atoms with Gasteiger partial charge in [0.1, 0.15) is 5.75 Å². The molecule has 0 radical (unpaired) electrons. The van der Waals surface area contributed by atoms with Gasteiger partial charge in [-0.3, -0.25) is 0 Å². The van der Waals surface area contributed by atoms with Crippen LogP contribution in [0.4, 0.5) is 0 Å². The summed E-state index contributed by atoms with van der Waals surface area (Å²) in [5.41, 5.74) is 2.71. The molecular weight excluding hydrogens is 198 g/mol. The molecule has 0 atom stereocenters. The molecule has 0 aromatic heterocycles. The lowest BCUT2D eigenvalue weighted by atomic mass is 10.1. The van der Waals surface area contributed by atoms with Crippen molar-refractivity contribution in [1.29, 1.82) is 0 Å². The summed E-state index contributed by atoms with van der Waals surface area (Å²) in [4.78, 5) is 2.33. The van der Waals surface area contributed by atoms with Gasteiger partial charge in [0.25, 0.3) is 0 Å². The zero-order valence-electron chi connectivity index (χ0n) is 10.9. The van der Waals surface area contributed by atoms with Gasteiger partial charge < -0.3 is 9.64 Å². The van der Waals surface area contributed by atoms with Crippen molar-refractivity contribution in [3.05, 3.63) is 29.3 Å². The zero-order chi connectivity index (χ0) is 12.0. The Morgan fingerprint density at radius 3 is 2.56 bits per heavy atom. The number of ether oxygens (including phenoxy) is 1. The Labute approximate surface area is 99.2 Å². The van der Waals surface area contributed by atoms with Crippen LogP contribution in [0.1, 0.15) is 25.0 Å². The molecule has 1 aromatic rings. The van der Waals surface area contributed by atoms with Crippen LogP contribution in [0.25, 0.3) is 0 Å². The van der Waals surface area contributed by atoms with E-state index in [1.165, 1.54) is 11.1 Å². The van der Waals surface area contributed by atoms with Crippen molar-refractivity contribution in [3.63, 3.8) is 0 Å². The molecule has 90 valence electrons. The molecular formula is C14H23NO. The third kappa shape index (κ3) is 3.53. The highest BCUT2D eigenvalue weighted by molar-refractivity contribution is 5.37. The summed E-state index contributed by atoms with van der Waals surface area (Å²) in [6.45, 7) is 6.58. The Hall–Kier alpha value is -1.02. The van der Waals surface area contributed by atoms with Gasteiger partial charge in [-0.2, -0.15) is 0 Å². The molecule has 0 amide bonds. The van der Waals surface area contributed by atoms with Gasteiger partial charge in [0.2, 0.25) is 0 Å². The summed E-state index contributed by atoms with van der Waals surface area (Å²) in [6.07, 6.45) is 2.14. The van der Waals surface area contributed by atoms with Gasteiger partial charge in [-0.15, -0.1) is 0 Å². The van der Waals surface area contributed by atoms with E-state index in [9.17, 15) is 0 Å². The smallest absolute Gasteiger partial charge is 0.122 e. The summed E-state index contributed by atoms with van der Waals surface area (Å²) >= 11 is 0. The van der Waals surface area contributed by atoms with E-state index >= 15 is 0 Å². The quantitative estimate of drug-likeness (QED) is 0.732. The minimum atomic E-state index is 1.01. The largest absolute Gasteiger partial charge is 0.496 e. The highest BCUT2D eigenvalue weighted by Gasteiger charge is 2.03. The minimum Gasteiger partial charge on any atom is -0.496 e. The van der Waals surface area contributed by atoms with Crippen LogP contribution in [0.5, 0.6) is 5.75 Å². The molecule has 1 rings (SSSR count). The van der Waals surface area contributed by atoms with Crippen LogP contribution >= 0.6 is 0 Å². The second-order valence-corrected chi connectivity index (χ2v) is 4.15. The molecule has 0 aliphatic heterocycles. The molecule has 0 heterocycles. The Morgan fingerprint density at radius 2 is 2.00 bits per heavy atom. The van der Waals surface area contributed by atoms with Crippen molar-refractivity contribution in [3.8, 4) is 5.75 Å². The van der Waals surface area contributed by atoms with Crippen LogP contribution in [0, 0.1) is 0 Å². The first-order valence-corrected chi connectivity index (χ1v) is 6.05. The number of rotatable bonds is 6. The standard InChI is InChI=1S/C14H23NO/c1-5-13-11-12(7-8-14(13)16-4)9-10-15(3)6-2/h7-8,11H,5-6,9-10H2,1-4H3. The molecule has 0 N–H and O–H groups in total. The van der Waals surface area contributed by atoms with Crippen molar-refractivity contribution in [1.82, 2.24) is 4.90 Å². The Balaban J connectivity index is 2.67. The van der Waals surface area contributed by atoms with Crippen LogP contribution in [0.2, 0.25) is 0 Å². The number of aryl methyl sites for hydroxylation is 1. The first-order chi connectivity index (χ1) is 7.71. The first-order valence-electron chi connectivity index (χ1n) is 6.05. The maximum Gasteiger partial charge on any atom is 0.122 e. The van der Waals surface area contributed by atoms with Crippen LogP contribution in [0.3, 0.4) is 0 Å². The SMILES string of the molecule is CCc1cc(CCN(C)CC)ccc1OC. The maximum absolute atomic E-state index is 5.33. The van der Waals surface area contributed by atoms with Crippen LogP contribution < -0.4 is 4.74 Å². The van der Waals surface area contributed by atoms with E-state index in [2.05, 4.69) is 44.0 Å². The Bertz CT molecular complexity index is 323. The summed E-state index contributed by atoms with van der Waals surface area (Å²) in [7, 11) is 3.89. The molecule has 16 heavy (non-hydrogen) atoms. The second-order valence-electron chi connectivity index (χ2n) is 4.15. The number of nitrogens with zero attached hydrogens (tertiary/aromatic N) is 1. The molecule has 2 heteroatoms. The summed E-state index contributed by atoms with van der Waals surface area (Å²) < 4.78 is 5.33.